The molecule has 0 aromatic carbocycles. The van der Waals surface area contributed by atoms with Gasteiger partial charge in [0.25, 0.3) is 0 Å². The highest BCUT2D eigenvalue weighted by molar-refractivity contribution is 5.94. The number of rotatable bonds is 12. The molecule has 0 spiro atoms. The lowest BCUT2D eigenvalue weighted by Gasteiger charge is -2.22. The lowest BCUT2D eigenvalue weighted by atomic mass is 9.81. The molecule has 0 aromatic rings. The highest BCUT2D eigenvalue weighted by atomic mass is 16.4. The Morgan fingerprint density at radius 1 is 1.22 bits per heavy atom. The molecule has 0 unspecified atom stereocenters. The molecule has 0 saturated heterocycles. The van der Waals surface area contributed by atoms with E-state index in [1.54, 1.807) is 6.08 Å². The van der Waals surface area contributed by atoms with E-state index in [9.17, 15) is 14.4 Å². The monoisotopic (exact) mass is 376 g/mol. The smallest absolute Gasteiger partial charge is 0.303 e. The first kappa shape index (κ1) is 23.3. The van der Waals surface area contributed by atoms with Crippen LogP contribution in [-0.4, -0.2) is 22.6 Å². The van der Waals surface area contributed by atoms with Crippen molar-refractivity contribution in [3.05, 3.63) is 24.3 Å². The maximum atomic E-state index is 12.6. The molecule has 0 aliphatic heterocycles. The van der Waals surface area contributed by atoms with Gasteiger partial charge >= 0.3 is 5.97 Å². The van der Waals surface area contributed by atoms with E-state index in [2.05, 4.69) is 13.8 Å². The van der Waals surface area contributed by atoms with Crippen LogP contribution in [0, 0.1) is 23.2 Å². The molecule has 152 valence electrons. The molecule has 0 aromatic heterocycles. The molecule has 0 heterocycles. The predicted molar refractivity (Wildman–Crippen MR) is 108 cm³/mol. The van der Waals surface area contributed by atoms with Crippen LogP contribution in [0.25, 0.3) is 0 Å². The van der Waals surface area contributed by atoms with Crippen LogP contribution in [-0.2, 0) is 14.4 Å². The molecule has 4 heteroatoms. The molecule has 1 rings (SSSR count). The summed E-state index contributed by atoms with van der Waals surface area (Å²) in [5.41, 5.74) is -0.349. The van der Waals surface area contributed by atoms with Gasteiger partial charge in [0.05, 0.1) is 0 Å². The van der Waals surface area contributed by atoms with Crippen LogP contribution < -0.4 is 0 Å². The minimum Gasteiger partial charge on any atom is -0.481 e. The van der Waals surface area contributed by atoms with E-state index in [4.69, 9.17) is 5.11 Å². The van der Waals surface area contributed by atoms with Crippen LogP contribution >= 0.6 is 0 Å². The molecule has 3 atom stereocenters. The van der Waals surface area contributed by atoms with E-state index in [-0.39, 0.29) is 41.2 Å². The Balaban J connectivity index is 2.65. The first-order chi connectivity index (χ1) is 12.7. The Morgan fingerprint density at radius 3 is 2.56 bits per heavy atom. The van der Waals surface area contributed by atoms with E-state index in [0.29, 0.717) is 25.7 Å². The number of carboxylic acid groups (broad SMARTS) is 1. The van der Waals surface area contributed by atoms with Crippen LogP contribution in [0.1, 0.15) is 79.1 Å². The number of hydrogen-bond acceptors (Lipinski definition) is 3. The van der Waals surface area contributed by atoms with Gasteiger partial charge in [0, 0.05) is 24.2 Å². The van der Waals surface area contributed by atoms with E-state index >= 15 is 0 Å². The summed E-state index contributed by atoms with van der Waals surface area (Å²) >= 11 is 0. The van der Waals surface area contributed by atoms with Crippen molar-refractivity contribution in [3.63, 3.8) is 0 Å². The quantitative estimate of drug-likeness (QED) is 0.282. The van der Waals surface area contributed by atoms with Crippen LogP contribution in [0.3, 0.4) is 0 Å². The number of allylic oxidation sites excluding steroid dienone is 4. The standard InChI is InChI=1S/C23H36O4/c1-5-6-15-23(3,4)21(25)14-13-18-17(2)16-20(24)19(18)11-9-7-8-10-12-22(26)27/h7,9,13-14,17-19H,5-6,8,10-12,15-16H2,1-4H3,(H,26,27)/b9-7-,14-13+/t17-,18+,19-/m1/s1. The van der Waals surface area contributed by atoms with Crippen molar-refractivity contribution in [1.29, 1.82) is 0 Å². The molecule has 4 nitrogen and oxygen atoms in total. The number of ketones is 2. The predicted octanol–water partition coefficient (Wildman–Crippen LogP) is 5.37. The third-order valence-electron chi connectivity index (χ3n) is 5.67. The third-order valence-corrected chi connectivity index (χ3v) is 5.67. The molecule has 1 N–H and O–H groups in total. The lowest BCUT2D eigenvalue weighted by molar-refractivity contribution is -0.137. The maximum Gasteiger partial charge on any atom is 0.303 e. The van der Waals surface area contributed by atoms with Gasteiger partial charge in [-0.2, -0.15) is 0 Å². The summed E-state index contributed by atoms with van der Waals surface area (Å²) in [5.74, 6) is -0.0771. The molecule has 0 radical (unpaired) electrons. The van der Waals surface area contributed by atoms with Crippen molar-refractivity contribution in [2.75, 3.05) is 0 Å². The molecule has 1 fully saturated rings. The molecular formula is C23H36O4. The van der Waals surface area contributed by atoms with Crippen molar-refractivity contribution in [2.45, 2.75) is 79.1 Å². The van der Waals surface area contributed by atoms with Crippen LogP contribution in [0.15, 0.2) is 24.3 Å². The minimum absolute atomic E-state index is 0.0708. The van der Waals surface area contributed by atoms with E-state index in [1.807, 2.05) is 32.1 Å². The average Bonchev–Trinajstić information content (AvgIpc) is 2.86. The van der Waals surface area contributed by atoms with Gasteiger partial charge in [-0.05, 0) is 43.6 Å². The Labute approximate surface area is 164 Å². The summed E-state index contributed by atoms with van der Waals surface area (Å²) in [5, 5.41) is 8.65. The zero-order chi connectivity index (χ0) is 20.4. The number of Topliss-reactive ketones (excluding diaryl/α,β-unsaturated/α-hetero) is 1. The largest absolute Gasteiger partial charge is 0.481 e. The van der Waals surface area contributed by atoms with E-state index in [1.165, 1.54) is 0 Å². The van der Waals surface area contributed by atoms with Crippen molar-refractivity contribution in [2.24, 2.45) is 23.2 Å². The highest BCUT2D eigenvalue weighted by Gasteiger charge is 2.38. The number of carboxylic acids is 1. The van der Waals surface area contributed by atoms with Crippen molar-refractivity contribution < 1.29 is 19.5 Å². The number of carbonyl (C=O) groups is 3. The van der Waals surface area contributed by atoms with Crippen LogP contribution in [0.5, 0.6) is 0 Å². The summed E-state index contributed by atoms with van der Waals surface area (Å²) < 4.78 is 0. The minimum atomic E-state index is -0.778. The number of unbranched alkanes of at least 4 members (excludes halogenated alkanes) is 2. The first-order valence-electron chi connectivity index (χ1n) is 10.3. The molecule has 1 aliphatic carbocycles. The van der Waals surface area contributed by atoms with Gasteiger partial charge < -0.3 is 5.11 Å². The van der Waals surface area contributed by atoms with E-state index in [0.717, 1.165) is 19.3 Å². The van der Waals surface area contributed by atoms with E-state index < -0.39 is 5.97 Å². The van der Waals surface area contributed by atoms with Gasteiger partial charge in [-0.15, -0.1) is 0 Å². The molecular weight excluding hydrogens is 340 g/mol. The van der Waals surface area contributed by atoms with Gasteiger partial charge in [0.15, 0.2) is 5.78 Å². The molecule has 0 amide bonds. The number of carbonyl (C=O) groups excluding carboxylic acids is 2. The van der Waals surface area contributed by atoms with Crippen LogP contribution in [0.2, 0.25) is 0 Å². The molecule has 1 saturated carbocycles. The summed E-state index contributed by atoms with van der Waals surface area (Å²) in [4.78, 5) is 35.4. The highest BCUT2D eigenvalue weighted by Crippen LogP contribution is 2.38. The molecule has 0 bridgehead atoms. The average molecular weight is 377 g/mol. The Hall–Kier alpha value is -1.71. The number of hydrogen-bond donors (Lipinski definition) is 1. The Morgan fingerprint density at radius 2 is 1.93 bits per heavy atom. The fraction of sp³-hybridized carbons (Fsp3) is 0.696. The van der Waals surface area contributed by atoms with Crippen molar-refractivity contribution in [1.82, 2.24) is 0 Å². The van der Waals surface area contributed by atoms with Gasteiger partial charge in [-0.25, -0.2) is 0 Å². The van der Waals surface area contributed by atoms with Gasteiger partial charge in [-0.1, -0.05) is 58.8 Å². The fourth-order valence-corrected chi connectivity index (χ4v) is 3.73. The summed E-state index contributed by atoms with van der Waals surface area (Å²) in [7, 11) is 0. The summed E-state index contributed by atoms with van der Waals surface area (Å²) in [6.45, 7) is 8.20. The van der Waals surface area contributed by atoms with Gasteiger partial charge in [0.2, 0.25) is 0 Å². The zero-order valence-corrected chi connectivity index (χ0v) is 17.4. The SMILES string of the molecule is CCCCC(C)(C)C(=O)/C=C/[C@H]1[C@H](C)CC(=O)[C@@H]1C/C=C\CCCC(=O)O. The fourth-order valence-electron chi connectivity index (χ4n) is 3.73. The maximum absolute atomic E-state index is 12.6. The first-order valence-corrected chi connectivity index (χ1v) is 10.3. The van der Waals surface area contributed by atoms with Crippen molar-refractivity contribution in [3.8, 4) is 0 Å². The third kappa shape index (κ3) is 7.82. The second-order valence-corrected chi connectivity index (χ2v) is 8.54. The molecule has 1 aliphatic rings. The van der Waals surface area contributed by atoms with Gasteiger partial charge in [0.1, 0.15) is 5.78 Å². The number of aliphatic carboxylic acids is 1. The van der Waals surface area contributed by atoms with Crippen molar-refractivity contribution >= 4 is 17.5 Å². The van der Waals surface area contributed by atoms with Crippen LogP contribution in [0.4, 0.5) is 0 Å². The second-order valence-electron chi connectivity index (χ2n) is 8.54. The Kier molecular flexibility index (Phi) is 9.68. The normalized spacial score (nSPS) is 23.6. The topological polar surface area (TPSA) is 71.4 Å². The lowest BCUT2D eigenvalue weighted by Crippen LogP contribution is -2.23. The Bertz CT molecular complexity index is 571. The second kappa shape index (κ2) is 11.2. The molecule has 27 heavy (non-hydrogen) atoms. The summed E-state index contributed by atoms with van der Waals surface area (Å²) in [6, 6.07) is 0. The zero-order valence-electron chi connectivity index (χ0n) is 17.4. The summed E-state index contributed by atoms with van der Waals surface area (Å²) in [6.07, 6.45) is 13.4. The van der Waals surface area contributed by atoms with Gasteiger partial charge in [-0.3, -0.25) is 14.4 Å².